The molecule has 0 spiro atoms. The van der Waals surface area contributed by atoms with Crippen LogP contribution in [-0.4, -0.2) is 22.9 Å². The fraction of sp³-hybridized carbons (Fsp3) is 0.750. The van der Waals surface area contributed by atoms with Gasteiger partial charge in [0.1, 0.15) is 11.0 Å². The summed E-state index contributed by atoms with van der Waals surface area (Å²) < 4.78 is 4.92. The Morgan fingerprint density at radius 2 is 1.92 bits per heavy atom. The van der Waals surface area contributed by atoms with E-state index >= 15 is 0 Å². The molecular formula is C8H14ClNO3. The van der Waals surface area contributed by atoms with Crippen LogP contribution in [0.1, 0.15) is 27.2 Å². The number of hydrogen-bond acceptors (Lipinski definition) is 3. The van der Waals surface area contributed by atoms with Crippen molar-refractivity contribution in [2.45, 2.75) is 38.2 Å². The minimum absolute atomic E-state index is 0.198. The molecule has 0 rings (SSSR count). The van der Waals surface area contributed by atoms with Crippen LogP contribution in [0.5, 0.6) is 0 Å². The number of halogens is 1. The lowest BCUT2D eigenvalue weighted by Crippen LogP contribution is -2.31. The zero-order valence-electron chi connectivity index (χ0n) is 7.96. The van der Waals surface area contributed by atoms with Crippen LogP contribution in [-0.2, 0) is 14.3 Å². The normalized spacial score (nSPS) is 13.5. The second kappa shape index (κ2) is 4.46. The Hall–Kier alpha value is -0.770. The first kappa shape index (κ1) is 12.2. The summed E-state index contributed by atoms with van der Waals surface area (Å²) in [6.45, 7) is 5.16. The van der Waals surface area contributed by atoms with Gasteiger partial charge in [0.2, 0.25) is 5.91 Å². The largest absolute Gasteiger partial charge is 0.459 e. The summed E-state index contributed by atoms with van der Waals surface area (Å²) in [5.41, 5.74) is 4.27. The third kappa shape index (κ3) is 6.40. The summed E-state index contributed by atoms with van der Waals surface area (Å²) in [5.74, 6) is -1.24. The number of amides is 1. The lowest BCUT2D eigenvalue weighted by Gasteiger charge is -2.20. The van der Waals surface area contributed by atoms with E-state index in [1.807, 2.05) is 0 Å². The first-order valence-electron chi connectivity index (χ1n) is 3.87. The predicted octanol–water partition coefficient (Wildman–Crippen LogP) is 0.811. The molecule has 1 atom stereocenters. The van der Waals surface area contributed by atoms with Crippen molar-refractivity contribution < 1.29 is 14.3 Å². The van der Waals surface area contributed by atoms with E-state index in [1.165, 1.54) is 0 Å². The van der Waals surface area contributed by atoms with E-state index < -0.39 is 22.9 Å². The summed E-state index contributed by atoms with van der Waals surface area (Å²) in [7, 11) is 0. The highest BCUT2D eigenvalue weighted by atomic mass is 35.5. The number of alkyl halides is 1. The number of nitrogens with two attached hydrogens (primary N) is 1. The summed E-state index contributed by atoms with van der Waals surface area (Å²) >= 11 is 5.56. The van der Waals surface area contributed by atoms with Gasteiger partial charge in [0, 0.05) is 0 Å². The molecule has 0 bridgehead atoms. The molecule has 0 saturated heterocycles. The molecule has 13 heavy (non-hydrogen) atoms. The highest BCUT2D eigenvalue weighted by Gasteiger charge is 2.24. The average molecular weight is 208 g/mol. The smallest absolute Gasteiger partial charge is 0.325 e. The topological polar surface area (TPSA) is 69.4 Å². The molecular weight excluding hydrogens is 194 g/mol. The van der Waals surface area contributed by atoms with Gasteiger partial charge in [-0.1, -0.05) is 0 Å². The zero-order chi connectivity index (χ0) is 10.6. The van der Waals surface area contributed by atoms with E-state index in [1.54, 1.807) is 20.8 Å². The van der Waals surface area contributed by atoms with E-state index in [4.69, 9.17) is 22.1 Å². The minimum Gasteiger partial charge on any atom is -0.459 e. The molecule has 1 amide bonds. The van der Waals surface area contributed by atoms with Gasteiger partial charge in [-0.05, 0) is 20.8 Å². The average Bonchev–Trinajstić information content (AvgIpc) is 1.81. The summed E-state index contributed by atoms with van der Waals surface area (Å²) in [4.78, 5) is 21.5. The maximum absolute atomic E-state index is 11.1. The van der Waals surface area contributed by atoms with Crippen LogP contribution in [0.3, 0.4) is 0 Å². The predicted molar refractivity (Wildman–Crippen MR) is 49.3 cm³/mol. The second-order valence-electron chi connectivity index (χ2n) is 3.67. The van der Waals surface area contributed by atoms with Crippen LogP contribution < -0.4 is 5.73 Å². The number of primary amides is 1. The third-order valence-electron chi connectivity index (χ3n) is 1.04. The first-order valence-corrected chi connectivity index (χ1v) is 4.31. The van der Waals surface area contributed by atoms with Gasteiger partial charge < -0.3 is 10.5 Å². The van der Waals surface area contributed by atoms with Crippen LogP contribution in [0.25, 0.3) is 0 Å². The van der Waals surface area contributed by atoms with E-state index in [0.717, 1.165) is 0 Å². The molecule has 0 aliphatic carbocycles. The number of carbonyl (C=O) groups is 2. The summed E-state index contributed by atoms with van der Waals surface area (Å²) in [6.07, 6.45) is -0.198. The monoisotopic (exact) mass is 207 g/mol. The Morgan fingerprint density at radius 3 is 2.23 bits per heavy atom. The number of rotatable bonds is 3. The standard InChI is InChI=1S/C8H14ClNO3/c1-8(2,3)13-7(12)5(9)4-6(10)11/h5H,4H2,1-3H3,(H2,10,11)/t5-/m0/s1. The molecule has 0 aromatic heterocycles. The minimum atomic E-state index is -0.989. The Balaban J connectivity index is 4.05. The molecule has 5 heteroatoms. The highest BCUT2D eigenvalue weighted by Crippen LogP contribution is 2.12. The fourth-order valence-corrected chi connectivity index (χ4v) is 0.822. The molecule has 0 fully saturated rings. The van der Waals surface area contributed by atoms with Crippen LogP contribution in [0.2, 0.25) is 0 Å². The van der Waals surface area contributed by atoms with Gasteiger partial charge in [0.05, 0.1) is 6.42 Å². The van der Waals surface area contributed by atoms with Crippen molar-refractivity contribution in [2.24, 2.45) is 5.73 Å². The highest BCUT2D eigenvalue weighted by molar-refractivity contribution is 6.31. The van der Waals surface area contributed by atoms with Gasteiger partial charge >= 0.3 is 5.97 Å². The first-order chi connectivity index (χ1) is 5.72. The van der Waals surface area contributed by atoms with E-state index in [-0.39, 0.29) is 6.42 Å². The van der Waals surface area contributed by atoms with Crippen molar-refractivity contribution in [3.63, 3.8) is 0 Å². The molecule has 0 unspecified atom stereocenters. The van der Waals surface area contributed by atoms with E-state index in [0.29, 0.717) is 0 Å². The lowest BCUT2D eigenvalue weighted by atomic mass is 10.2. The number of esters is 1. The fourth-order valence-electron chi connectivity index (χ4n) is 0.626. The van der Waals surface area contributed by atoms with Crippen molar-refractivity contribution in [3.05, 3.63) is 0 Å². The van der Waals surface area contributed by atoms with Gasteiger partial charge in [-0.2, -0.15) is 0 Å². The molecule has 0 aliphatic heterocycles. The quantitative estimate of drug-likeness (QED) is 0.550. The van der Waals surface area contributed by atoms with Crippen LogP contribution in [0, 0.1) is 0 Å². The van der Waals surface area contributed by atoms with Gasteiger partial charge in [-0.25, -0.2) is 0 Å². The molecule has 0 radical (unpaired) electrons. The second-order valence-corrected chi connectivity index (χ2v) is 4.20. The number of carbonyl (C=O) groups excluding carboxylic acids is 2. The Kier molecular flexibility index (Phi) is 4.20. The maximum atomic E-state index is 11.1. The van der Waals surface area contributed by atoms with Gasteiger partial charge in [0.15, 0.2) is 0 Å². The van der Waals surface area contributed by atoms with Gasteiger partial charge in [-0.3, -0.25) is 9.59 Å². The number of hydrogen-bond donors (Lipinski definition) is 1. The van der Waals surface area contributed by atoms with Crippen LogP contribution in [0.15, 0.2) is 0 Å². The molecule has 0 aliphatic rings. The van der Waals surface area contributed by atoms with Crippen molar-refractivity contribution in [1.82, 2.24) is 0 Å². The van der Waals surface area contributed by atoms with Crippen molar-refractivity contribution in [1.29, 1.82) is 0 Å². The molecule has 0 aromatic rings. The SMILES string of the molecule is CC(C)(C)OC(=O)[C@@H](Cl)CC(N)=O. The zero-order valence-corrected chi connectivity index (χ0v) is 8.72. The lowest BCUT2D eigenvalue weighted by molar-refractivity contribution is -0.155. The molecule has 4 nitrogen and oxygen atoms in total. The molecule has 2 N–H and O–H groups in total. The van der Waals surface area contributed by atoms with Crippen molar-refractivity contribution >= 4 is 23.5 Å². The van der Waals surface area contributed by atoms with Crippen molar-refractivity contribution in [2.75, 3.05) is 0 Å². The van der Waals surface area contributed by atoms with Crippen molar-refractivity contribution in [3.8, 4) is 0 Å². The van der Waals surface area contributed by atoms with Crippen LogP contribution in [0.4, 0.5) is 0 Å². The Morgan fingerprint density at radius 1 is 1.46 bits per heavy atom. The van der Waals surface area contributed by atoms with Crippen LogP contribution >= 0.6 is 11.6 Å². The van der Waals surface area contributed by atoms with E-state index in [2.05, 4.69) is 0 Å². The maximum Gasteiger partial charge on any atom is 0.325 e. The molecule has 76 valence electrons. The Labute approximate surface area is 82.4 Å². The summed E-state index contributed by atoms with van der Waals surface area (Å²) in [6, 6.07) is 0. The Bertz CT molecular complexity index is 210. The number of ether oxygens (including phenoxy) is 1. The summed E-state index contributed by atoms with van der Waals surface area (Å²) in [5, 5.41) is -0.989. The van der Waals surface area contributed by atoms with Gasteiger partial charge in [-0.15, -0.1) is 11.6 Å². The molecule has 0 aromatic carbocycles. The molecule has 0 saturated carbocycles. The third-order valence-corrected chi connectivity index (χ3v) is 1.38. The van der Waals surface area contributed by atoms with Gasteiger partial charge in [0.25, 0.3) is 0 Å². The molecule has 0 heterocycles. The van der Waals surface area contributed by atoms with E-state index in [9.17, 15) is 9.59 Å².